The van der Waals surface area contributed by atoms with E-state index in [1.807, 2.05) is 0 Å². The summed E-state index contributed by atoms with van der Waals surface area (Å²) in [6.45, 7) is 0.0944. The van der Waals surface area contributed by atoms with E-state index in [2.05, 4.69) is 4.98 Å². The van der Waals surface area contributed by atoms with E-state index in [9.17, 15) is 14.7 Å². The van der Waals surface area contributed by atoms with Crippen molar-refractivity contribution >= 4 is 29.1 Å². The summed E-state index contributed by atoms with van der Waals surface area (Å²) in [5.41, 5.74) is 1.51. The van der Waals surface area contributed by atoms with Gasteiger partial charge in [-0.05, 0) is 53.6 Å². The van der Waals surface area contributed by atoms with Gasteiger partial charge in [-0.25, -0.2) is 0 Å². The molecule has 1 amide bonds. The number of likely N-dealkylation sites (tertiary alicyclic amines) is 1. The summed E-state index contributed by atoms with van der Waals surface area (Å²) in [6, 6.07) is 12.3. The minimum Gasteiger partial charge on any atom is -0.507 e. The normalized spacial score (nSPS) is 16.9. The largest absolute Gasteiger partial charge is 0.507 e. The minimum atomic E-state index is -0.931. The van der Waals surface area contributed by atoms with E-state index in [1.165, 1.54) is 26.2 Å². The number of aromatic nitrogens is 1. The Hall–Kier alpha value is -4.04. The molecule has 4 rings (SSSR count). The van der Waals surface area contributed by atoms with E-state index < -0.39 is 17.7 Å². The SMILES string of the molecule is COc1cc(C2C(=C(O)c3ccc(Cl)cc3)C(=O)C(=O)N2Cc2cccnc2)cc(OC)c1OC. The Labute approximate surface area is 207 Å². The van der Waals surface area contributed by atoms with Gasteiger partial charge >= 0.3 is 0 Å². The standard InChI is InChI=1S/C26H23ClN2O6/c1-33-19-11-17(12-20(34-2)25(19)35-3)22-21(23(30)16-6-8-18(27)9-7-16)24(31)26(32)29(22)14-15-5-4-10-28-13-15/h4-13,22,30H,14H2,1-3H3. The lowest BCUT2D eigenvalue weighted by atomic mass is 9.94. The highest BCUT2D eigenvalue weighted by molar-refractivity contribution is 6.46. The van der Waals surface area contributed by atoms with Crippen molar-refractivity contribution < 1.29 is 28.9 Å². The maximum atomic E-state index is 13.3. The van der Waals surface area contributed by atoms with Crippen LogP contribution in [0.2, 0.25) is 5.02 Å². The molecule has 0 radical (unpaired) electrons. The Morgan fingerprint density at radius 3 is 2.23 bits per heavy atom. The third kappa shape index (κ3) is 4.52. The van der Waals surface area contributed by atoms with Gasteiger partial charge in [0.1, 0.15) is 5.76 Å². The first-order chi connectivity index (χ1) is 16.9. The molecule has 0 aliphatic carbocycles. The topological polar surface area (TPSA) is 98.2 Å². The molecule has 1 saturated heterocycles. The molecular formula is C26H23ClN2O6. The number of carbonyl (C=O) groups is 2. The fourth-order valence-corrected chi connectivity index (χ4v) is 4.23. The van der Waals surface area contributed by atoms with Crippen LogP contribution in [-0.4, -0.2) is 48.0 Å². The number of amides is 1. The summed E-state index contributed by atoms with van der Waals surface area (Å²) < 4.78 is 16.4. The van der Waals surface area contributed by atoms with Crippen LogP contribution < -0.4 is 14.2 Å². The van der Waals surface area contributed by atoms with Crippen LogP contribution >= 0.6 is 11.6 Å². The first-order valence-electron chi connectivity index (χ1n) is 10.6. The van der Waals surface area contributed by atoms with Crippen LogP contribution in [0.4, 0.5) is 0 Å². The molecule has 0 saturated carbocycles. The average molecular weight is 495 g/mol. The number of aliphatic hydroxyl groups excluding tert-OH is 1. The van der Waals surface area contributed by atoms with Crippen molar-refractivity contribution in [3.8, 4) is 17.2 Å². The number of pyridine rings is 1. The summed E-state index contributed by atoms with van der Waals surface area (Å²) in [5, 5.41) is 11.7. The van der Waals surface area contributed by atoms with Crippen LogP contribution in [0.5, 0.6) is 17.2 Å². The van der Waals surface area contributed by atoms with Gasteiger partial charge in [0.05, 0.1) is 32.9 Å². The van der Waals surface area contributed by atoms with Crippen LogP contribution in [0.3, 0.4) is 0 Å². The molecule has 9 heteroatoms. The molecule has 1 N–H and O–H groups in total. The Morgan fingerprint density at radius 1 is 1.03 bits per heavy atom. The van der Waals surface area contributed by atoms with Crippen LogP contribution in [0.15, 0.2) is 66.5 Å². The second kappa shape index (κ2) is 10.1. The highest BCUT2D eigenvalue weighted by atomic mass is 35.5. The van der Waals surface area contributed by atoms with Crippen molar-refractivity contribution in [1.82, 2.24) is 9.88 Å². The van der Waals surface area contributed by atoms with Crippen LogP contribution in [0.1, 0.15) is 22.7 Å². The number of carbonyl (C=O) groups excluding carboxylic acids is 2. The highest BCUT2D eigenvalue weighted by Gasteiger charge is 2.46. The Kier molecular flexibility index (Phi) is 6.93. The van der Waals surface area contributed by atoms with Crippen molar-refractivity contribution in [2.24, 2.45) is 0 Å². The molecule has 0 spiro atoms. The first-order valence-corrected chi connectivity index (χ1v) is 11.0. The third-order valence-electron chi connectivity index (χ3n) is 5.74. The number of rotatable bonds is 7. The summed E-state index contributed by atoms with van der Waals surface area (Å²) >= 11 is 5.99. The predicted octanol–water partition coefficient (Wildman–Crippen LogP) is 4.38. The minimum absolute atomic E-state index is 0.0597. The molecule has 35 heavy (non-hydrogen) atoms. The number of halogens is 1. The van der Waals surface area contributed by atoms with Gasteiger partial charge in [0.2, 0.25) is 5.75 Å². The second-order valence-corrected chi connectivity index (χ2v) is 8.19. The van der Waals surface area contributed by atoms with E-state index in [0.29, 0.717) is 33.4 Å². The van der Waals surface area contributed by atoms with Crippen LogP contribution in [-0.2, 0) is 16.1 Å². The fourth-order valence-electron chi connectivity index (χ4n) is 4.10. The molecule has 1 unspecified atom stereocenters. The van der Waals surface area contributed by atoms with Crippen LogP contribution in [0.25, 0.3) is 5.76 Å². The molecule has 1 aromatic heterocycles. The smallest absolute Gasteiger partial charge is 0.295 e. The monoisotopic (exact) mass is 494 g/mol. The maximum Gasteiger partial charge on any atom is 0.295 e. The van der Waals surface area contributed by atoms with Crippen molar-refractivity contribution in [3.63, 3.8) is 0 Å². The fraction of sp³-hybridized carbons (Fsp3) is 0.192. The van der Waals surface area contributed by atoms with Gasteiger partial charge in [-0.1, -0.05) is 17.7 Å². The number of Topliss-reactive ketones (excluding diaryl/α,β-unsaturated/α-hetero) is 1. The number of ether oxygens (including phenoxy) is 3. The molecule has 0 bridgehead atoms. The lowest BCUT2D eigenvalue weighted by Gasteiger charge is -2.26. The quantitative estimate of drug-likeness (QED) is 0.295. The molecule has 1 aliphatic rings. The summed E-state index contributed by atoms with van der Waals surface area (Å²) in [6.07, 6.45) is 3.24. The Morgan fingerprint density at radius 2 is 1.69 bits per heavy atom. The summed E-state index contributed by atoms with van der Waals surface area (Å²) in [4.78, 5) is 32.0. The van der Waals surface area contributed by atoms with E-state index in [-0.39, 0.29) is 17.9 Å². The third-order valence-corrected chi connectivity index (χ3v) is 5.99. The van der Waals surface area contributed by atoms with Crippen molar-refractivity contribution in [1.29, 1.82) is 0 Å². The van der Waals surface area contributed by atoms with Gasteiger partial charge in [0, 0.05) is 29.5 Å². The molecule has 1 atom stereocenters. The Bertz CT molecular complexity index is 1270. The number of aliphatic hydroxyl groups is 1. The molecule has 1 aliphatic heterocycles. The molecule has 180 valence electrons. The Balaban J connectivity index is 1.94. The van der Waals surface area contributed by atoms with Gasteiger partial charge in [-0.15, -0.1) is 0 Å². The van der Waals surface area contributed by atoms with Crippen molar-refractivity contribution in [2.45, 2.75) is 12.6 Å². The van der Waals surface area contributed by atoms with E-state index >= 15 is 0 Å². The molecule has 2 aromatic carbocycles. The number of hydrogen-bond donors (Lipinski definition) is 1. The number of benzene rings is 2. The summed E-state index contributed by atoms with van der Waals surface area (Å²) in [5.74, 6) is -0.808. The number of hydrogen-bond acceptors (Lipinski definition) is 7. The maximum absolute atomic E-state index is 13.3. The average Bonchev–Trinajstić information content (AvgIpc) is 3.13. The second-order valence-electron chi connectivity index (χ2n) is 7.75. The zero-order valence-electron chi connectivity index (χ0n) is 19.3. The first kappa shape index (κ1) is 24.1. The van der Waals surface area contributed by atoms with E-state index in [0.717, 1.165) is 5.56 Å². The van der Waals surface area contributed by atoms with Crippen molar-refractivity contribution in [3.05, 3.63) is 88.2 Å². The van der Waals surface area contributed by atoms with Crippen molar-refractivity contribution in [2.75, 3.05) is 21.3 Å². The summed E-state index contributed by atoms with van der Waals surface area (Å²) in [7, 11) is 4.43. The molecular weight excluding hydrogens is 472 g/mol. The highest BCUT2D eigenvalue weighted by Crippen LogP contribution is 2.46. The van der Waals surface area contributed by atoms with E-state index in [1.54, 1.807) is 60.9 Å². The number of ketones is 1. The van der Waals surface area contributed by atoms with Gasteiger partial charge in [-0.3, -0.25) is 14.6 Å². The zero-order chi connectivity index (χ0) is 25.1. The number of nitrogens with zero attached hydrogens (tertiary/aromatic N) is 2. The number of methoxy groups -OCH3 is 3. The zero-order valence-corrected chi connectivity index (χ0v) is 20.1. The predicted molar refractivity (Wildman–Crippen MR) is 130 cm³/mol. The van der Waals surface area contributed by atoms with Gasteiger partial charge in [0.25, 0.3) is 11.7 Å². The van der Waals surface area contributed by atoms with Crippen LogP contribution in [0, 0.1) is 0 Å². The lowest BCUT2D eigenvalue weighted by molar-refractivity contribution is -0.140. The molecule has 2 heterocycles. The van der Waals surface area contributed by atoms with Gasteiger partial charge < -0.3 is 24.2 Å². The molecule has 8 nitrogen and oxygen atoms in total. The van der Waals surface area contributed by atoms with Gasteiger partial charge in [-0.2, -0.15) is 0 Å². The lowest BCUT2D eigenvalue weighted by Crippen LogP contribution is -2.29. The van der Waals surface area contributed by atoms with E-state index in [4.69, 9.17) is 25.8 Å². The van der Waals surface area contributed by atoms with Gasteiger partial charge in [0.15, 0.2) is 11.5 Å². The molecule has 3 aromatic rings. The molecule has 1 fully saturated rings.